The first-order valence-electron chi connectivity index (χ1n) is 8.07. The van der Waals surface area contributed by atoms with Gasteiger partial charge in [-0.25, -0.2) is 4.68 Å². The van der Waals surface area contributed by atoms with Crippen molar-refractivity contribution in [2.45, 2.75) is 13.5 Å². The van der Waals surface area contributed by atoms with Crippen LogP contribution in [-0.4, -0.2) is 25.8 Å². The summed E-state index contributed by atoms with van der Waals surface area (Å²) in [6.45, 7) is 1.81. The first kappa shape index (κ1) is 16.4. The van der Waals surface area contributed by atoms with Gasteiger partial charge in [-0.2, -0.15) is 5.10 Å². The monoisotopic (exact) mass is 364 g/mol. The number of aromatic nitrogens is 3. The fourth-order valence-electron chi connectivity index (χ4n) is 2.69. The topological polar surface area (TPSA) is 80.0 Å². The van der Waals surface area contributed by atoms with Crippen LogP contribution in [-0.2, 0) is 6.61 Å². The van der Waals surface area contributed by atoms with E-state index in [4.69, 9.17) is 5.11 Å². The van der Waals surface area contributed by atoms with Crippen LogP contribution >= 0.6 is 11.3 Å². The minimum absolute atomic E-state index is 0.125. The molecule has 0 aliphatic rings. The molecule has 2 N–H and O–H groups in total. The van der Waals surface area contributed by atoms with E-state index in [1.54, 1.807) is 12.1 Å². The lowest BCUT2D eigenvalue weighted by molar-refractivity contribution is 0.103. The van der Waals surface area contributed by atoms with Gasteiger partial charge < -0.3 is 10.4 Å². The van der Waals surface area contributed by atoms with Crippen molar-refractivity contribution in [1.29, 1.82) is 0 Å². The van der Waals surface area contributed by atoms with Crippen LogP contribution in [0.2, 0.25) is 0 Å². The van der Waals surface area contributed by atoms with Gasteiger partial charge in [-0.05, 0) is 37.3 Å². The molecule has 0 saturated carbocycles. The highest BCUT2D eigenvalue weighted by molar-refractivity contribution is 7.20. The molecular formula is C19H16N4O2S. The van der Waals surface area contributed by atoms with Crippen LogP contribution in [0, 0.1) is 6.92 Å². The van der Waals surface area contributed by atoms with Crippen LogP contribution in [0.1, 0.15) is 21.1 Å². The van der Waals surface area contributed by atoms with Crippen molar-refractivity contribution >= 4 is 33.1 Å². The van der Waals surface area contributed by atoms with Crippen molar-refractivity contribution in [2.75, 3.05) is 5.32 Å². The second-order valence-corrected chi connectivity index (χ2v) is 6.84. The molecule has 3 aromatic heterocycles. The maximum atomic E-state index is 12.6. The number of carbonyl (C=O) groups excluding carboxylic acids is 1. The number of aryl methyl sites for hydroxylation is 1. The van der Waals surface area contributed by atoms with E-state index in [1.165, 1.54) is 17.5 Å². The molecule has 0 aliphatic carbocycles. The highest BCUT2D eigenvalue weighted by Crippen LogP contribution is 2.30. The third kappa shape index (κ3) is 2.98. The Kier molecular flexibility index (Phi) is 4.24. The molecule has 4 rings (SSSR count). The molecule has 0 unspecified atom stereocenters. The maximum Gasteiger partial charge on any atom is 0.265 e. The standard InChI is InChI=1S/C19H16N4O2S/c1-12-16-9-17(18(25)21-13-7-8-14(11-24)20-10-13)26-19(16)23(22-12)15-5-3-2-4-6-15/h2-10,24H,11H2,1H3,(H,21,25). The third-order valence-electron chi connectivity index (χ3n) is 4.01. The van der Waals surface area contributed by atoms with Gasteiger partial charge in [-0.3, -0.25) is 9.78 Å². The predicted molar refractivity (Wildman–Crippen MR) is 102 cm³/mol. The fraction of sp³-hybridized carbons (Fsp3) is 0.105. The van der Waals surface area contributed by atoms with E-state index >= 15 is 0 Å². The lowest BCUT2D eigenvalue weighted by Crippen LogP contribution is -2.10. The van der Waals surface area contributed by atoms with Gasteiger partial charge in [0, 0.05) is 5.39 Å². The molecule has 0 spiro atoms. The Morgan fingerprint density at radius 1 is 1.23 bits per heavy atom. The SMILES string of the molecule is Cc1nn(-c2ccccc2)c2sc(C(=O)Nc3ccc(CO)nc3)cc12. The number of benzene rings is 1. The number of hydrogen-bond donors (Lipinski definition) is 2. The number of hydrogen-bond acceptors (Lipinski definition) is 5. The predicted octanol–water partition coefficient (Wildman–Crippen LogP) is 3.54. The van der Waals surface area contributed by atoms with Crippen LogP contribution in [0.3, 0.4) is 0 Å². The number of amides is 1. The number of rotatable bonds is 4. The first-order chi connectivity index (χ1) is 12.7. The molecule has 1 aromatic carbocycles. The molecule has 4 aromatic rings. The van der Waals surface area contributed by atoms with Crippen molar-refractivity contribution in [2.24, 2.45) is 0 Å². The van der Waals surface area contributed by atoms with Gasteiger partial charge in [0.25, 0.3) is 5.91 Å². The number of thiophene rings is 1. The summed E-state index contributed by atoms with van der Waals surface area (Å²) in [5.74, 6) is -0.191. The Hall–Kier alpha value is -3.03. The Balaban J connectivity index is 1.65. The summed E-state index contributed by atoms with van der Waals surface area (Å²) >= 11 is 1.40. The molecule has 7 heteroatoms. The van der Waals surface area contributed by atoms with Gasteiger partial charge >= 0.3 is 0 Å². The molecule has 0 bridgehead atoms. The number of nitrogens with zero attached hydrogens (tertiary/aromatic N) is 3. The molecule has 130 valence electrons. The molecule has 1 amide bonds. The molecule has 0 atom stereocenters. The number of fused-ring (bicyclic) bond motifs is 1. The number of aliphatic hydroxyl groups excluding tert-OH is 1. The van der Waals surface area contributed by atoms with E-state index in [9.17, 15) is 4.79 Å². The van der Waals surface area contributed by atoms with E-state index in [0.717, 1.165) is 21.6 Å². The van der Waals surface area contributed by atoms with E-state index in [2.05, 4.69) is 15.4 Å². The van der Waals surface area contributed by atoms with Gasteiger partial charge in [-0.15, -0.1) is 11.3 Å². The summed E-state index contributed by atoms with van der Waals surface area (Å²) in [7, 11) is 0. The molecule has 26 heavy (non-hydrogen) atoms. The van der Waals surface area contributed by atoms with Gasteiger partial charge in [0.05, 0.1) is 40.4 Å². The third-order valence-corrected chi connectivity index (χ3v) is 5.12. The number of para-hydroxylation sites is 1. The summed E-state index contributed by atoms with van der Waals surface area (Å²) in [5, 5.41) is 17.4. The van der Waals surface area contributed by atoms with Crippen LogP contribution in [0.15, 0.2) is 54.7 Å². The van der Waals surface area contributed by atoms with Crippen LogP contribution in [0.5, 0.6) is 0 Å². The summed E-state index contributed by atoms with van der Waals surface area (Å²) in [4.78, 5) is 18.2. The van der Waals surface area contributed by atoms with E-state index in [1.807, 2.05) is 48.0 Å². The van der Waals surface area contributed by atoms with Gasteiger partial charge in [0.2, 0.25) is 0 Å². The molecule has 0 aliphatic heterocycles. The number of carbonyl (C=O) groups is 1. The smallest absolute Gasteiger partial charge is 0.265 e. The second kappa shape index (κ2) is 6.70. The van der Waals surface area contributed by atoms with Crippen molar-refractivity contribution in [3.05, 3.63) is 71.0 Å². The number of pyridine rings is 1. The van der Waals surface area contributed by atoms with Gasteiger partial charge in [0.1, 0.15) is 4.83 Å². The molecular weight excluding hydrogens is 348 g/mol. The summed E-state index contributed by atoms with van der Waals surface area (Å²) < 4.78 is 1.86. The molecule has 0 saturated heterocycles. The summed E-state index contributed by atoms with van der Waals surface area (Å²) in [6.07, 6.45) is 1.54. The zero-order valence-electron chi connectivity index (χ0n) is 14.0. The Morgan fingerprint density at radius 3 is 2.73 bits per heavy atom. The Labute approximate surface area is 153 Å². The van der Waals surface area contributed by atoms with Crippen LogP contribution in [0.25, 0.3) is 15.9 Å². The Bertz CT molecular complexity index is 1070. The Morgan fingerprint density at radius 2 is 2.04 bits per heavy atom. The second-order valence-electron chi connectivity index (χ2n) is 5.81. The van der Waals surface area contributed by atoms with Crippen molar-refractivity contribution in [3.8, 4) is 5.69 Å². The maximum absolute atomic E-state index is 12.6. The minimum Gasteiger partial charge on any atom is -0.390 e. The van der Waals surface area contributed by atoms with Crippen molar-refractivity contribution in [3.63, 3.8) is 0 Å². The normalized spacial score (nSPS) is 11.0. The van der Waals surface area contributed by atoms with Crippen molar-refractivity contribution < 1.29 is 9.90 Å². The van der Waals surface area contributed by atoms with Crippen LogP contribution < -0.4 is 5.32 Å². The first-order valence-corrected chi connectivity index (χ1v) is 8.89. The molecule has 6 nitrogen and oxygen atoms in total. The molecule has 0 radical (unpaired) electrons. The summed E-state index contributed by atoms with van der Waals surface area (Å²) in [5.41, 5.74) is 2.99. The highest BCUT2D eigenvalue weighted by atomic mass is 32.1. The fourth-order valence-corrected chi connectivity index (χ4v) is 3.77. The molecule has 3 heterocycles. The molecule has 0 fully saturated rings. The lowest BCUT2D eigenvalue weighted by atomic mass is 10.3. The van der Waals surface area contributed by atoms with Crippen LogP contribution in [0.4, 0.5) is 5.69 Å². The van der Waals surface area contributed by atoms with Crippen molar-refractivity contribution in [1.82, 2.24) is 14.8 Å². The highest BCUT2D eigenvalue weighted by Gasteiger charge is 2.17. The minimum atomic E-state index is -0.191. The van der Waals surface area contributed by atoms with E-state index in [0.29, 0.717) is 16.3 Å². The zero-order valence-corrected chi connectivity index (χ0v) is 14.8. The number of anilines is 1. The average Bonchev–Trinajstić information content (AvgIpc) is 3.24. The quantitative estimate of drug-likeness (QED) is 0.580. The van der Waals surface area contributed by atoms with E-state index in [-0.39, 0.29) is 12.5 Å². The summed E-state index contributed by atoms with van der Waals surface area (Å²) in [6, 6.07) is 15.1. The zero-order chi connectivity index (χ0) is 18.1. The van der Waals surface area contributed by atoms with E-state index < -0.39 is 0 Å². The number of nitrogens with one attached hydrogen (secondary N) is 1. The van der Waals surface area contributed by atoms with Gasteiger partial charge in [-0.1, -0.05) is 18.2 Å². The number of aliphatic hydroxyl groups is 1. The van der Waals surface area contributed by atoms with Gasteiger partial charge in [0.15, 0.2) is 0 Å². The average molecular weight is 364 g/mol. The largest absolute Gasteiger partial charge is 0.390 e. The lowest BCUT2D eigenvalue weighted by Gasteiger charge is -2.04.